The van der Waals surface area contributed by atoms with Crippen molar-refractivity contribution < 1.29 is 0 Å². The molecule has 2 aromatic rings. The van der Waals surface area contributed by atoms with Gasteiger partial charge in [-0.1, -0.05) is 25.0 Å². The molecule has 1 N–H and O–H groups in total. The van der Waals surface area contributed by atoms with E-state index in [2.05, 4.69) is 54.3 Å². The van der Waals surface area contributed by atoms with E-state index in [9.17, 15) is 0 Å². The number of anilines is 1. The van der Waals surface area contributed by atoms with E-state index in [-0.39, 0.29) is 0 Å². The van der Waals surface area contributed by atoms with Crippen LogP contribution in [0.5, 0.6) is 0 Å². The van der Waals surface area contributed by atoms with E-state index in [1.165, 1.54) is 42.5 Å². The van der Waals surface area contributed by atoms with Gasteiger partial charge in [-0.25, -0.2) is 0 Å². The first-order valence-electron chi connectivity index (χ1n) is 7.58. The van der Waals surface area contributed by atoms with Crippen LogP contribution in [-0.4, -0.2) is 9.78 Å². The fraction of sp³-hybridized carbons (Fsp3) is 0.471. The molecule has 0 amide bonds. The average Bonchev–Trinajstić information content (AvgIpc) is 3.10. The zero-order valence-electron chi connectivity index (χ0n) is 12.4. The number of hydrogen-bond acceptors (Lipinski definition) is 2. The van der Waals surface area contributed by atoms with E-state index in [0.717, 1.165) is 12.2 Å². The van der Waals surface area contributed by atoms with Crippen LogP contribution >= 0.6 is 0 Å². The highest BCUT2D eigenvalue weighted by Gasteiger charge is 2.17. The first-order valence-corrected chi connectivity index (χ1v) is 7.58. The van der Waals surface area contributed by atoms with Crippen molar-refractivity contribution in [2.24, 2.45) is 0 Å². The van der Waals surface area contributed by atoms with E-state index in [4.69, 9.17) is 5.10 Å². The molecule has 0 saturated heterocycles. The Bertz CT molecular complexity index is 580. The summed E-state index contributed by atoms with van der Waals surface area (Å²) >= 11 is 0. The number of aryl methyl sites for hydroxylation is 1. The molecule has 3 rings (SSSR count). The summed E-state index contributed by atoms with van der Waals surface area (Å²) in [5.41, 5.74) is 4.98. The highest BCUT2D eigenvalue weighted by Crippen LogP contribution is 2.28. The van der Waals surface area contributed by atoms with Gasteiger partial charge in [0.25, 0.3) is 0 Å². The summed E-state index contributed by atoms with van der Waals surface area (Å²) < 4.78 is 2.16. The van der Waals surface area contributed by atoms with Crippen molar-refractivity contribution in [2.45, 2.75) is 52.1 Å². The maximum atomic E-state index is 4.71. The lowest BCUT2D eigenvalue weighted by atomic mass is 10.1. The second-order valence-corrected chi connectivity index (χ2v) is 5.83. The lowest BCUT2D eigenvalue weighted by Crippen LogP contribution is -2.07. The highest BCUT2D eigenvalue weighted by atomic mass is 15.3. The summed E-state index contributed by atoms with van der Waals surface area (Å²) in [4.78, 5) is 0. The largest absolute Gasteiger partial charge is 0.379 e. The molecule has 0 bridgehead atoms. The van der Waals surface area contributed by atoms with Gasteiger partial charge in [-0.2, -0.15) is 5.10 Å². The summed E-state index contributed by atoms with van der Waals surface area (Å²) in [6, 6.07) is 9.15. The van der Waals surface area contributed by atoms with Gasteiger partial charge in [0.05, 0.1) is 18.3 Å². The van der Waals surface area contributed by atoms with Crippen LogP contribution in [0.2, 0.25) is 0 Å². The third-order valence-corrected chi connectivity index (χ3v) is 4.43. The zero-order valence-corrected chi connectivity index (χ0v) is 12.4. The van der Waals surface area contributed by atoms with Gasteiger partial charge in [0.2, 0.25) is 0 Å². The normalized spacial score (nSPS) is 15.7. The minimum Gasteiger partial charge on any atom is -0.379 e. The molecule has 0 radical (unpaired) electrons. The molecule has 1 aromatic heterocycles. The number of nitrogens with one attached hydrogen (secondary N) is 1. The summed E-state index contributed by atoms with van der Waals surface area (Å²) in [5.74, 6) is 0. The van der Waals surface area contributed by atoms with Crippen LogP contribution in [0.15, 0.2) is 30.5 Å². The van der Waals surface area contributed by atoms with Crippen molar-refractivity contribution >= 4 is 5.69 Å². The van der Waals surface area contributed by atoms with Crippen molar-refractivity contribution in [2.75, 3.05) is 5.32 Å². The quantitative estimate of drug-likeness (QED) is 0.900. The molecular weight excluding hydrogens is 246 g/mol. The molecule has 3 heteroatoms. The maximum absolute atomic E-state index is 4.71. The topological polar surface area (TPSA) is 29.9 Å². The molecule has 1 saturated carbocycles. The van der Waals surface area contributed by atoms with Crippen molar-refractivity contribution in [3.63, 3.8) is 0 Å². The predicted molar refractivity (Wildman–Crippen MR) is 83.0 cm³/mol. The van der Waals surface area contributed by atoms with E-state index >= 15 is 0 Å². The van der Waals surface area contributed by atoms with Crippen LogP contribution in [0.25, 0.3) is 0 Å². The maximum Gasteiger partial charge on any atom is 0.0815 e. The van der Waals surface area contributed by atoms with Crippen molar-refractivity contribution in [3.05, 3.63) is 47.3 Å². The number of nitrogens with zero attached hydrogens (tertiary/aromatic N) is 2. The molecule has 0 aliphatic heterocycles. The van der Waals surface area contributed by atoms with Crippen LogP contribution in [0.4, 0.5) is 5.69 Å². The average molecular weight is 269 g/mol. The Kier molecular flexibility index (Phi) is 3.77. The predicted octanol–water partition coefficient (Wildman–Crippen LogP) is 4.23. The first kappa shape index (κ1) is 13.2. The molecule has 0 unspecified atom stereocenters. The number of aromatic nitrogens is 2. The first-order chi connectivity index (χ1) is 9.74. The molecule has 20 heavy (non-hydrogen) atoms. The molecule has 106 valence electrons. The van der Waals surface area contributed by atoms with Gasteiger partial charge in [0, 0.05) is 11.9 Å². The number of rotatable bonds is 4. The molecule has 1 heterocycles. The van der Waals surface area contributed by atoms with Crippen LogP contribution in [0, 0.1) is 13.8 Å². The lowest BCUT2D eigenvalue weighted by molar-refractivity contribution is 0.463. The third kappa shape index (κ3) is 2.72. The Morgan fingerprint density at radius 3 is 2.80 bits per heavy atom. The van der Waals surface area contributed by atoms with Gasteiger partial charge in [-0.3, -0.25) is 4.68 Å². The SMILES string of the molecule is Cc1cccc(NCc2ccn(C3CCCC3)n2)c1C. The van der Waals surface area contributed by atoms with E-state index in [1.807, 2.05) is 0 Å². The van der Waals surface area contributed by atoms with Gasteiger partial charge in [-0.05, 0) is 49.9 Å². The van der Waals surface area contributed by atoms with Crippen molar-refractivity contribution in [3.8, 4) is 0 Å². The summed E-state index contributed by atoms with van der Waals surface area (Å²) in [6.07, 6.45) is 7.40. The standard InChI is InChI=1S/C17H23N3/c1-13-6-5-9-17(14(13)2)18-12-15-10-11-20(19-15)16-7-3-4-8-16/h5-6,9-11,16,18H,3-4,7-8,12H2,1-2H3. The summed E-state index contributed by atoms with van der Waals surface area (Å²) in [6.45, 7) is 5.11. The monoisotopic (exact) mass is 269 g/mol. The second-order valence-electron chi connectivity index (χ2n) is 5.83. The highest BCUT2D eigenvalue weighted by molar-refractivity contribution is 5.53. The Labute approximate surface area is 121 Å². The molecule has 1 fully saturated rings. The zero-order chi connectivity index (χ0) is 13.9. The molecule has 0 atom stereocenters. The van der Waals surface area contributed by atoms with Gasteiger partial charge in [-0.15, -0.1) is 0 Å². The van der Waals surface area contributed by atoms with Gasteiger partial charge < -0.3 is 5.32 Å². The van der Waals surface area contributed by atoms with Crippen LogP contribution in [0.1, 0.15) is 48.5 Å². The Hall–Kier alpha value is -1.77. The number of benzene rings is 1. The Morgan fingerprint density at radius 1 is 1.20 bits per heavy atom. The van der Waals surface area contributed by atoms with Crippen molar-refractivity contribution in [1.29, 1.82) is 0 Å². The van der Waals surface area contributed by atoms with Gasteiger partial charge in [0.15, 0.2) is 0 Å². The molecular formula is C17H23N3. The molecule has 1 aliphatic carbocycles. The number of hydrogen-bond donors (Lipinski definition) is 1. The third-order valence-electron chi connectivity index (χ3n) is 4.43. The smallest absolute Gasteiger partial charge is 0.0815 e. The van der Waals surface area contributed by atoms with Gasteiger partial charge >= 0.3 is 0 Å². The Balaban J connectivity index is 1.65. The van der Waals surface area contributed by atoms with Crippen LogP contribution in [-0.2, 0) is 6.54 Å². The Morgan fingerprint density at radius 2 is 2.00 bits per heavy atom. The molecule has 0 spiro atoms. The van der Waals surface area contributed by atoms with Crippen LogP contribution < -0.4 is 5.32 Å². The molecule has 3 nitrogen and oxygen atoms in total. The molecule has 1 aliphatic rings. The minimum atomic E-state index is 0.629. The van der Waals surface area contributed by atoms with Crippen LogP contribution in [0.3, 0.4) is 0 Å². The fourth-order valence-electron chi connectivity index (χ4n) is 2.97. The van der Waals surface area contributed by atoms with Gasteiger partial charge in [0.1, 0.15) is 0 Å². The van der Waals surface area contributed by atoms with Crippen molar-refractivity contribution in [1.82, 2.24) is 9.78 Å². The summed E-state index contributed by atoms with van der Waals surface area (Å²) in [7, 11) is 0. The second kappa shape index (κ2) is 5.70. The summed E-state index contributed by atoms with van der Waals surface area (Å²) in [5, 5.41) is 8.21. The minimum absolute atomic E-state index is 0.629. The van der Waals surface area contributed by atoms with E-state index < -0.39 is 0 Å². The van der Waals surface area contributed by atoms with E-state index in [0.29, 0.717) is 6.04 Å². The molecule has 1 aromatic carbocycles. The lowest BCUT2D eigenvalue weighted by Gasteiger charge is -2.11. The van der Waals surface area contributed by atoms with E-state index in [1.54, 1.807) is 0 Å². The fourth-order valence-corrected chi connectivity index (χ4v) is 2.97.